The number of imidazole rings is 1. The van der Waals surface area contributed by atoms with Gasteiger partial charge in [-0.1, -0.05) is 38.1 Å². The van der Waals surface area contributed by atoms with Gasteiger partial charge in [-0.05, 0) is 18.1 Å². The van der Waals surface area contributed by atoms with Crippen LogP contribution in [0.2, 0.25) is 0 Å². The van der Waals surface area contributed by atoms with Gasteiger partial charge in [-0.3, -0.25) is 0 Å². The molecule has 18 heavy (non-hydrogen) atoms. The summed E-state index contributed by atoms with van der Waals surface area (Å²) < 4.78 is 0. The van der Waals surface area contributed by atoms with E-state index in [-0.39, 0.29) is 5.41 Å². The van der Waals surface area contributed by atoms with Crippen molar-refractivity contribution in [3.8, 4) is 0 Å². The third-order valence-corrected chi connectivity index (χ3v) is 3.29. The lowest BCUT2D eigenvalue weighted by Crippen LogP contribution is -2.33. The number of rotatable bonds is 5. The standard InChI is InChI=1S/C15H21N3/c1-12-6-4-5-7-13(12)15(2,3)11-16-10-14-17-8-9-18-14/h4-9,16H,10-11H2,1-3H3,(H,17,18). The molecule has 1 heterocycles. The predicted octanol–water partition coefficient (Wildman–Crippen LogP) is 2.79. The Morgan fingerprint density at radius 1 is 1.28 bits per heavy atom. The minimum Gasteiger partial charge on any atom is -0.348 e. The van der Waals surface area contributed by atoms with Crippen molar-refractivity contribution in [3.63, 3.8) is 0 Å². The summed E-state index contributed by atoms with van der Waals surface area (Å²) in [5.41, 5.74) is 2.87. The van der Waals surface area contributed by atoms with E-state index in [1.54, 1.807) is 6.20 Å². The molecule has 1 aromatic heterocycles. The highest BCUT2D eigenvalue weighted by atomic mass is 15.0. The summed E-state index contributed by atoms with van der Waals surface area (Å²) in [4.78, 5) is 7.31. The SMILES string of the molecule is Cc1ccccc1C(C)(C)CNCc1ncc[nH]1. The maximum Gasteiger partial charge on any atom is 0.120 e. The highest BCUT2D eigenvalue weighted by Crippen LogP contribution is 2.25. The van der Waals surface area contributed by atoms with E-state index < -0.39 is 0 Å². The van der Waals surface area contributed by atoms with E-state index in [0.29, 0.717) is 0 Å². The normalized spacial score (nSPS) is 11.7. The molecule has 0 fully saturated rings. The lowest BCUT2D eigenvalue weighted by atomic mass is 9.82. The first-order valence-electron chi connectivity index (χ1n) is 6.35. The average molecular weight is 243 g/mol. The number of aromatic nitrogens is 2. The summed E-state index contributed by atoms with van der Waals surface area (Å²) >= 11 is 0. The molecule has 2 N–H and O–H groups in total. The molecule has 3 heteroatoms. The van der Waals surface area contributed by atoms with Gasteiger partial charge in [-0.25, -0.2) is 4.98 Å². The maximum absolute atomic E-state index is 4.21. The zero-order chi connectivity index (χ0) is 13.0. The van der Waals surface area contributed by atoms with Crippen LogP contribution in [-0.4, -0.2) is 16.5 Å². The van der Waals surface area contributed by atoms with Crippen molar-refractivity contribution in [2.24, 2.45) is 0 Å². The highest BCUT2D eigenvalue weighted by Gasteiger charge is 2.21. The summed E-state index contributed by atoms with van der Waals surface area (Å²) in [7, 11) is 0. The molecule has 0 amide bonds. The quantitative estimate of drug-likeness (QED) is 0.847. The Kier molecular flexibility index (Phi) is 3.82. The Bertz CT molecular complexity index is 486. The fraction of sp³-hybridized carbons (Fsp3) is 0.400. The molecular formula is C15H21N3. The van der Waals surface area contributed by atoms with Gasteiger partial charge in [0.05, 0.1) is 6.54 Å². The Morgan fingerprint density at radius 3 is 2.72 bits per heavy atom. The van der Waals surface area contributed by atoms with E-state index in [9.17, 15) is 0 Å². The second kappa shape index (κ2) is 5.36. The fourth-order valence-corrected chi connectivity index (χ4v) is 2.32. The number of hydrogen-bond donors (Lipinski definition) is 2. The lowest BCUT2D eigenvalue weighted by molar-refractivity contribution is 0.463. The van der Waals surface area contributed by atoms with Gasteiger partial charge in [0.15, 0.2) is 0 Å². The topological polar surface area (TPSA) is 40.7 Å². The molecule has 0 radical (unpaired) electrons. The van der Waals surface area contributed by atoms with Crippen molar-refractivity contribution in [3.05, 3.63) is 53.6 Å². The lowest BCUT2D eigenvalue weighted by Gasteiger charge is -2.27. The van der Waals surface area contributed by atoms with Crippen LogP contribution in [0.15, 0.2) is 36.7 Å². The van der Waals surface area contributed by atoms with Crippen molar-refractivity contribution < 1.29 is 0 Å². The van der Waals surface area contributed by atoms with Gasteiger partial charge in [-0.15, -0.1) is 0 Å². The average Bonchev–Trinajstić information content (AvgIpc) is 2.82. The summed E-state index contributed by atoms with van der Waals surface area (Å²) in [6.07, 6.45) is 3.63. The van der Waals surface area contributed by atoms with Crippen molar-refractivity contribution in [2.75, 3.05) is 6.54 Å². The van der Waals surface area contributed by atoms with Gasteiger partial charge in [0.25, 0.3) is 0 Å². The first-order chi connectivity index (χ1) is 8.59. The minimum atomic E-state index is 0.123. The van der Waals surface area contributed by atoms with Crippen molar-refractivity contribution in [1.29, 1.82) is 0 Å². The number of aromatic amines is 1. The summed E-state index contributed by atoms with van der Waals surface area (Å²) in [5.74, 6) is 0.982. The molecule has 0 aliphatic carbocycles. The molecule has 0 saturated heterocycles. The third-order valence-electron chi connectivity index (χ3n) is 3.29. The van der Waals surface area contributed by atoms with Crippen molar-refractivity contribution >= 4 is 0 Å². The molecule has 1 aromatic carbocycles. The first kappa shape index (κ1) is 12.8. The molecule has 96 valence electrons. The molecule has 2 aromatic rings. The Balaban J connectivity index is 1.97. The van der Waals surface area contributed by atoms with Crippen LogP contribution in [0.1, 0.15) is 30.8 Å². The molecule has 0 saturated carbocycles. The summed E-state index contributed by atoms with van der Waals surface area (Å²) in [6, 6.07) is 8.58. The van der Waals surface area contributed by atoms with E-state index in [1.807, 2.05) is 6.20 Å². The molecule has 2 rings (SSSR count). The Hall–Kier alpha value is -1.61. The molecule has 3 nitrogen and oxygen atoms in total. The van der Waals surface area contributed by atoms with Gasteiger partial charge in [0, 0.05) is 24.4 Å². The zero-order valence-corrected chi connectivity index (χ0v) is 11.3. The van der Waals surface area contributed by atoms with E-state index in [2.05, 4.69) is 60.3 Å². The molecule has 0 aliphatic heterocycles. The van der Waals surface area contributed by atoms with E-state index in [1.165, 1.54) is 11.1 Å². The van der Waals surface area contributed by atoms with Crippen LogP contribution in [-0.2, 0) is 12.0 Å². The molecular weight excluding hydrogens is 222 g/mol. The van der Waals surface area contributed by atoms with Gasteiger partial charge in [0.2, 0.25) is 0 Å². The molecule has 0 spiro atoms. The molecule has 0 aliphatic rings. The van der Waals surface area contributed by atoms with Gasteiger partial charge in [0.1, 0.15) is 5.82 Å². The van der Waals surface area contributed by atoms with Crippen LogP contribution in [0.25, 0.3) is 0 Å². The first-order valence-corrected chi connectivity index (χ1v) is 6.35. The molecule has 0 atom stereocenters. The summed E-state index contributed by atoms with van der Waals surface area (Å²) in [5, 5.41) is 3.46. The fourth-order valence-electron chi connectivity index (χ4n) is 2.32. The number of benzene rings is 1. The van der Waals surface area contributed by atoms with Crippen LogP contribution in [0, 0.1) is 6.92 Å². The van der Waals surface area contributed by atoms with E-state index >= 15 is 0 Å². The van der Waals surface area contributed by atoms with Gasteiger partial charge < -0.3 is 10.3 Å². The Morgan fingerprint density at radius 2 is 2.06 bits per heavy atom. The zero-order valence-electron chi connectivity index (χ0n) is 11.3. The smallest absolute Gasteiger partial charge is 0.120 e. The molecule has 0 bridgehead atoms. The Labute approximate surface area is 109 Å². The van der Waals surface area contributed by atoms with Gasteiger partial charge in [-0.2, -0.15) is 0 Å². The van der Waals surface area contributed by atoms with Crippen LogP contribution in [0.5, 0.6) is 0 Å². The van der Waals surface area contributed by atoms with Gasteiger partial charge >= 0.3 is 0 Å². The third kappa shape index (κ3) is 2.99. The maximum atomic E-state index is 4.21. The molecule has 0 unspecified atom stereocenters. The number of nitrogens with one attached hydrogen (secondary N) is 2. The monoisotopic (exact) mass is 243 g/mol. The predicted molar refractivity (Wildman–Crippen MR) is 74.5 cm³/mol. The number of H-pyrrole nitrogens is 1. The van der Waals surface area contributed by atoms with Crippen molar-refractivity contribution in [2.45, 2.75) is 32.7 Å². The van der Waals surface area contributed by atoms with Crippen molar-refractivity contribution in [1.82, 2.24) is 15.3 Å². The van der Waals surface area contributed by atoms with Crippen LogP contribution < -0.4 is 5.32 Å². The minimum absolute atomic E-state index is 0.123. The second-order valence-electron chi connectivity index (χ2n) is 5.34. The number of hydrogen-bond acceptors (Lipinski definition) is 2. The highest BCUT2D eigenvalue weighted by molar-refractivity contribution is 5.32. The van der Waals surface area contributed by atoms with Crippen LogP contribution >= 0.6 is 0 Å². The van der Waals surface area contributed by atoms with E-state index in [4.69, 9.17) is 0 Å². The largest absolute Gasteiger partial charge is 0.348 e. The van der Waals surface area contributed by atoms with Crippen LogP contribution in [0.3, 0.4) is 0 Å². The van der Waals surface area contributed by atoms with E-state index in [0.717, 1.165) is 18.9 Å². The van der Waals surface area contributed by atoms with Crippen LogP contribution in [0.4, 0.5) is 0 Å². The second-order valence-corrected chi connectivity index (χ2v) is 5.34. The number of aryl methyl sites for hydroxylation is 1. The summed E-state index contributed by atoms with van der Waals surface area (Å²) in [6.45, 7) is 8.42. The number of nitrogens with zero attached hydrogens (tertiary/aromatic N) is 1.